The SMILES string of the molecule is O=C([O-])[C@H]1CC(c2ccc(OCc3ccccc3)cc2)=NO1. The van der Waals surface area contributed by atoms with Crippen LogP contribution in [0, 0.1) is 0 Å². The number of rotatable bonds is 5. The van der Waals surface area contributed by atoms with Crippen LogP contribution in [0.2, 0.25) is 0 Å². The summed E-state index contributed by atoms with van der Waals surface area (Å²) < 4.78 is 5.69. The van der Waals surface area contributed by atoms with Gasteiger partial charge in [0, 0.05) is 6.42 Å². The minimum absolute atomic E-state index is 0.215. The Morgan fingerprint density at radius 2 is 1.91 bits per heavy atom. The Morgan fingerprint density at radius 1 is 1.18 bits per heavy atom. The van der Waals surface area contributed by atoms with Gasteiger partial charge in [-0.05, 0) is 35.4 Å². The Hall–Kier alpha value is -2.82. The summed E-state index contributed by atoms with van der Waals surface area (Å²) in [6, 6.07) is 17.2. The maximum absolute atomic E-state index is 10.7. The molecule has 1 atom stereocenters. The summed E-state index contributed by atoms with van der Waals surface area (Å²) in [4.78, 5) is 15.5. The minimum atomic E-state index is -1.25. The monoisotopic (exact) mass is 296 g/mol. The van der Waals surface area contributed by atoms with E-state index in [0.717, 1.165) is 16.9 Å². The molecule has 1 aliphatic heterocycles. The van der Waals surface area contributed by atoms with E-state index in [0.29, 0.717) is 12.3 Å². The van der Waals surface area contributed by atoms with Crippen LogP contribution < -0.4 is 9.84 Å². The lowest BCUT2D eigenvalue weighted by atomic mass is 10.1. The van der Waals surface area contributed by atoms with E-state index in [-0.39, 0.29) is 6.42 Å². The van der Waals surface area contributed by atoms with Crippen LogP contribution in [0.25, 0.3) is 0 Å². The third-order valence-corrected chi connectivity index (χ3v) is 3.37. The van der Waals surface area contributed by atoms with Gasteiger partial charge in [-0.3, -0.25) is 0 Å². The standard InChI is InChI=1S/C17H15NO4/c19-17(20)16-10-15(18-22-16)13-6-8-14(9-7-13)21-11-12-4-2-1-3-5-12/h1-9,16H,10-11H2,(H,19,20)/p-1/t16-/m1/s1. The van der Waals surface area contributed by atoms with E-state index in [1.165, 1.54) is 0 Å². The van der Waals surface area contributed by atoms with E-state index >= 15 is 0 Å². The van der Waals surface area contributed by atoms with Gasteiger partial charge in [0.25, 0.3) is 0 Å². The predicted octanol–water partition coefficient (Wildman–Crippen LogP) is 1.51. The number of hydrogen-bond acceptors (Lipinski definition) is 5. The molecule has 0 radical (unpaired) electrons. The first kappa shape index (κ1) is 14.1. The molecule has 2 aromatic carbocycles. The topological polar surface area (TPSA) is 71.0 Å². The van der Waals surface area contributed by atoms with E-state index in [2.05, 4.69) is 5.16 Å². The van der Waals surface area contributed by atoms with Gasteiger partial charge >= 0.3 is 0 Å². The smallest absolute Gasteiger partial charge is 0.172 e. The average molecular weight is 296 g/mol. The lowest BCUT2D eigenvalue weighted by Gasteiger charge is -2.08. The first-order valence-corrected chi connectivity index (χ1v) is 6.93. The Bertz CT molecular complexity index is 680. The molecule has 1 heterocycles. The molecule has 112 valence electrons. The number of ether oxygens (including phenoxy) is 1. The van der Waals surface area contributed by atoms with Crippen molar-refractivity contribution in [2.24, 2.45) is 5.16 Å². The first-order valence-electron chi connectivity index (χ1n) is 6.93. The highest BCUT2D eigenvalue weighted by Crippen LogP contribution is 2.20. The molecule has 0 fully saturated rings. The summed E-state index contributed by atoms with van der Waals surface area (Å²) in [6.45, 7) is 0.497. The second-order valence-corrected chi connectivity index (χ2v) is 4.95. The van der Waals surface area contributed by atoms with Crippen molar-refractivity contribution in [2.75, 3.05) is 0 Å². The number of nitrogens with zero attached hydrogens (tertiary/aromatic N) is 1. The fourth-order valence-corrected chi connectivity index (χ4v) is 2.16. The zero-order valence-electron chi connectivity index (χ0n) is 11.8. The Kier molecular flexibility index (Phi) is 4.05. The van der Waals surface area contributed by atoms with Gasteiger partial charge in [0.1, 0.15) is 12.4 Å². The molecule has 5 heteroatoms. The first-order chi connectivity index (χ1) is 10.7. The zero-order chi connectivity index (χ0) is 15.4. The molecule has 2 aromatic rings. The summed E-state index contributed by atoms with van der Waals surface area (Å²) in [7, 11) is 0. The summed E-state index contributed by atoms with van der Waals surface area (Å²) >= 11 is 0. The lowest BCUT2D eigenvalue weighted by molar-refractivity contribution is -0.315. The van der Waals surface area contributed by atoms with Crippen molar-refractivity contribution >= 4 is 11.7 Å². The highest BCUT2D eigenvalue weighted by Gasteiger charge is 2.22. The average Bonchev–Trinajstić information content (AvgIpc) is 3.05. The Morgan fingerprint density at radius 3 is 2.55 bits per heavy atom. The minimum Gasteiger partial charge on any atom is -0.546 e. The van der Waals surface area contributed by atoms with Gasteiger partial charge in [0.05, 0.1) is 11.7 Å². The zero-order valence-corrected chi connectivity index (χ0v) is 11.8. The molecule has 5 nitrogen and oxygen atoms in total. The number of oxime groups is 1. The third kappa shape index (κ3) is 3.25. The van der Waals surface area contributed by atoms with Crippen LogP contribution in [-0.2, 0) is 16.2 Å². The molecule has 0 bridgehead atoms. The maximum atomic E-state index is 10.7. The maximum Gasteiger partial charge on any atom is 0.172 e. The molecule has 3 rings (SSSR count). The van der Waals surface area contributed by atoms with Crippen molar-refractivity contribution in [1.29, 1.82) is 0 Å². The molecule has 1 aliphatic rings. The van der Waals surface area contributed by atoms with E-state index in [1.54, 1.807) is 0 Å². The number of carbonyl (C=O) groups excluding carboxylic acids is 1. The number of carboxylic acid groups (broad SMARTS) is 1. The molecule has 0 unspecified atom stereocenters. The molecule has 0 saturated heterocycles. The van der Waals surface area contributed by atoms with Gasteiger partial charge in [-0.15, -0.1) is 0 Å². The number of hydrogen-bond donors (Lipinski definition) is 0. The lowest BCUT2D eigenvalue weighted by Crippen LogP contribution is -2.35. The highest BCUT2D eigenvalue weighted by molar-refractivity contribution is 6.03. The van der Waals surface area contributed by atoms with E-state index < -0.39 is 12.1 Å². The molecule has 22 heavy (non-hydrogen) atoms. The Labute approximate surface area is 127 Å². The normalized spacial score (nSPS) is 16.7. The number of benzene rings is 2. The predicted molar refractivity (Wildman–Crippen MR) is 78.3 cm³/mol. The van der Waals surface area contributed by atoms with Crippen LogP contribution in [0.4, 0.5) is 0 Å². The van der Waals surface area contributed by atoms with Crippen molar-refractivity contribution in [2.45, 2.75) is 19.1 Å². The molecule has 0 spiro atoms. The van der Waals surface area contributed by atoms with Gasteiger partial charge in [0.2, 0.25) is 0 Å². The number of aliphatic carboxylic acids is 1. The fourth-order valence-electron chi connectivity index (χ4n) is 2.16. The van der Waals surface area contributed by atoms with Crippen molar-refractivity contribution in [3.05, 3.63) is 65.7 Å². The second kappa shape index (κ2) is 6.30. The van der Waals surface area contributed by atoms with Crippen LogP contribution in [0.15, 0.2) is 59.8 Å². The van der Waals surface area contributed by atoms with E-state index in [1.807, 2.05) is 54.6 Å². The molecular formula is C17H14NO4-. The van der Waals surface area contributed by atoms with Crippen LogP contribution in [0.1, 0.15) is 17.5 Å². The highest BCUT2D eigenvalue weighted by atomic mass is 16.7. The third-order valence-electron chi connectivity index (χ3n) is 3.37. The van der Waals surface area contributed by atoms with Gasteiger partial charge < -0.3 is 19.5 Å². The van der Waals surface area contributed by atoms with E-state index in [4.69, 9.17) is 9.57 Å². The molecule has 0 saturated carbocycles. The van der Waals surface area contributed by atoms with Crippen molar-refractivity contribution in [3.63, 3.8) is 0 Å². The van der Waals surface area contributed by atoms with Crippen molar-refractivity contribution in [1.82, 2.24) is 0 Å². The quantitative estimate of drug-likeness (QED) is 0.838. The Balaban J connectivity index is 1.60. The molecular weight excluding hydrogens is 282 g/mol. The number of carboxylic acids is 1. The van der Waals surface area contributed by atoms with Gasteiger partial charge in [-0.2, -0.15) is 0 Å². The fraction of sp³-hybridized carbons (Fsp3) is 0.176. The molecule has 0 aromatic heterocycles. The van der Waals surface area contributed by atoms with Crippen LogP contribution in [-0.4, -0.2) is 17.8 Å². The number of carbonyl (C=O) groups is 1. The van der Waals surface area contributed by atoms with Gasteiger partial charge in [-0.1, -0.05) is 35.5 Å². The van der Waals surface area contributed by atoms with Gasteiger partial charge in [-0.25, -0.2) is 0 Å². The van der Waals surface area contributed by atoms with Crippen molar-refractivity contribution in [3.8, 4) is 5.75 Å². The molecule has 0 aliphatic carbocycles. The van der Waals surface area contributed by atoms with Gasteiger partial charge in [0.15, 0.2) is 6.10 Å². The van der Waals surface area contributed by atoms with E-state index in [9.17, 15) is 9.90 Å². The van der Waals surface area contributed by atoms with Crippen LogP contribution in [0.3, 0.4) is 0 Å². The molecule has 0 N–H and O–H groups in total. The summed E-state index contributed by atoms with van der Waals surface area (Å²) in [5.74, 6) is -0.509. The summed E-state index contributed by atoms with van der Waals surface area (Å²) in [6.07, 6.45) is -0.781. The second-order valence-electron chi connectivity index (χ2n) is 4.95. The molecule has 0 amide bonds. The van der Waals surface area contributed by atoms with Crippen LogP contribution >= 0.6 is 0 Å². The largest absolute Gasteiger partial charge is 0.546 e. The summed E-state index contributed by atoms with van der Waals surface area (Å²) in [5, 5.41) is 14.5. The summed E-state index contributed by atoms with van der Waals surface area (Å²) in [5.41, 5.74) is 2.51. The van der Waals surface area contributed by atoms with Crippen molar-refractivity contribution < 1.29 is 19.5 Å². The van der Waals surface area contributed by atoms with Crippen LogP contribution in [0.5, 0.6) is 5.75 Å².